The number of benzene rings is 2. The number of nitrogens with zero attached hydrogens (tertiary/aromatic N) is 3. The van der Waals surface area contributed by atoms with E-state index in [1.165, 1.54) is 0 Å². The van der Waals surface area contributed by atoms with Gasteiger partial charge >= 0.3 is 0 Å². The zero-order valence-corrected chi connectivity index (χ0v) is 18.1. The van der Waals surface area contributed by atoms with Crippen molar-refractivity contribution in [2.45, 2.75) is 44.8 Å². The lowest BCUT2D eigenvalue weighted by Crippen LogP contribution is -2.35. The maximum Gasteiger partial charge on any atom is 0.251 e. The number of carbonyl (C=O) groups excluding carboxylic acids is 1. The van der Waals surface area contributed by atoms with E-state index in [-0.39, 0.29) is 12.0 Å². The Morgan fingerprint density at radius 1 is 1.10 bits per heavy atom. The van der Waals surface area contributed by atoms with Crippen LogP contribution in [0.4, 0.5) is 0 Å². The highest BCUT2D eigenvalue weighted by Crippen LogP contribution is 2.31. The van der Waals surface area contributed by atoms with Gasteiger partial charge in [-0.1, -0.05) is 12.1 Å². The Morgan fingerprint density at radius 2 is 1.90 bits per heavy atom. The van der Waals surface area contributed by atoms with Crippen molar-refractivity contribution in [3.05, 3.63) is 53.7 Å². The Balaban J connectivity index is 1.43. The van der Waals surface area contributed by atoms with Crippen LogP contribution in [0.3, 0.4) is 0 Å². The molecule has 6 heteroatoms. The average molecular weight is 417 g/mol. The van der Waals surface area contributed by atoms with Crippen LogP contribution in [0.5, 0.6) is 5.88 Å². The highest BCUT2D eigenvalue weighted by Gasteiger charge is 2.24. The normalized spacial score (nSPS) is 17.6. The summed E-state index contributed by atoms with van der Waals surface area (Å²) in [6, 6.07) is 12.5. The molecule has 1 aliphatic heterocycles. The fraction of sp³-hybridized carbons (Fsp3) is 0.400. The van der Waals surface area contributed by atoms with Gasteiger partial charge in [0.1, 0.15) is 6.10 Å². The van der Waals surface area contributed by atoms with Crippen LogP contribution in [0.15, 0.2) is 42.6 Å². The molecule has 2 aromatic carbocycles. The molecule has 2 aliphatic rings. The number of aromatic nitrogens is 2. The minimum atomic E-state index is 0.00391. The Bertz CT molecular complexity index is 1120. The number of hydrogen-bond acceptors (Lipinski definition) is 5. The van der Waals surface area contributed by atoms with Crippen LogP contribution in [0.25, 0.3) is 21.9 Å². The van der Waals surface area contributed by atoms with E-state index in [0.717, 1.165) is 66.2 Å². The predicted molar refractivity (Wildman–Crippen MR) is 121 cm³/mol. The molecule has 1 saturated heterocycles. The maximum absolute atomic E-state index is 12.5. The molecule has 6 nitrogen and oxygen atoms in total. The van der Waals surface area contributed by atoms with Crippen LogP contribution < -0.4 is 10.1 Å². The second kappa shape index (κ2) is 8.27. The molecule has 1 aromatic heterocycles. The van der Waals surface area contributed by atoms with Gasteiger partial charge in [-0.25, -0.2) is 0 Å². The molecule has 0 spiro atoms. The fourth-order valence-electron chi connectivity index (χ4n) is 4.15. The monoisotopic (exact) mass is 416 g/mol. The molecule has 1 aliphatic carbocycles. The second-order valence-corrected chi connectivity index (χ2v) is 8.85. The summed E-state index contributed by atoms with van der Waals surface area (Å²) >= 11 is 0. The summed E-state index contributed by atoms with van der Waals surface area (Å²) in [6.07, 6.45) is 6.12. The van der Waals surface area contributed by atoms with Gasteiger partial charge in [0, 0.05) is 35.5 Å². The number of hydrogen-bond donors (Lipinski definition) is 1. The Hall–Kier alpha value is -2.99. The molecule has 0 atom stereocenters. The lowest BCUT2D eigenvalue weighted by molar-refractivity contribution is 0.0951. The zero-order chi connectivity index (χ0) is 21.4. The van der Waals surface area contributed by atoms with Crippen molar-refractivity contribution in [1.29, 1.82) is 0 Å². The first-order valence-corrected chi connectivity index (χ1v) is 11.1. The van der Waals surface area contributed by atoms with Crippen molar-refractivity contribution in [2.24, 2.45) is 0 Å². The summed E-state index contributed by atoms with van der Waals surface area (Å²) in [5.74, 6) is 0.608. The highest BCUT2D eigenvalue weighted by atomic mass is 16.5. The molecule has 1 saturated carbocycles. The van der Waals surface area contributed by atoms with Gasteiger partial charge in [0.15, 0.2) is 0 Å². The molecule has 3 aromatic rings. The van der Waals surface area contributed by atoms with Crippen LogP contribution >= 0.6 is 0 Å². The molecular formula is C25H28N4O2. The minimum absolute atomic E-state index is 0.00391. The van der Waals surface area contributed by atoms with Crippen molar-refractivity contribution in [2.75, 3.05) is 20.1 Å². The number of rotatable bonds is 5. The Kier molecular flexibility index (Phi) is 5.32. The predicted octanol–water partition coefficient (Wildman–Crippen LogP) is 3.97. The second-order valence-electron chi connectivity index (χ2n) is 8.85. The Labute approximate surface area is 182 Å². The summed E-state index contributed by atoms with van der Waals surface area (Å²) in [5, 5.41) is 13.5. The van der Waals surface area contributed by atoms with Crippen LogP contribution in [0, 0.1) is 6.92 Å². The summed E-state index contributed by atoms with van der Waals surface area (Å²) < 4.78 is 6.23. The summed E-state index contributed by atoms with van der Waals surface area (Å²) in [7, 11) is 2.14. The molecule has 5 rings (SSSR count). The first kappa shape index (κ1) is 19.9. The fourth-order valence-corrected chi connectivity index (χ4v) is 4.15. The molecule has 1 N–H and O–H groups in total. The molecule has 0 bridgehead atoms. The van der Waals surface area contributed by atoms with Crippen molar-refractivity contribution < 1.29 is 9.53 Å². The number of nitrogens with one attached hydrogen (secondary N) is 1. The van der Waals surface area contributed by atoms with E-state index in [9.17, 15) is 4.79 Å². The van der Waals surface area contributed by atoms with Crippen LogP contribution in [0.1, 0.15) is 41.6 Å². The maximum atomic E-state index is 12.5. The van der Waals surface area contributed by atoms with E-state index in [4.69, 9.17) is 4.74 Å². The van der Waals surface area contributed by atoms with Gasteiger partial charge in [0.25, 0.3) is 5.91 Å². The van der Waals surface area contributed by atoms with Crippen LogP contribution in [-0.4, -0.2) is 53.3 Å². The van der Waals surface area contributed by atoms with Gasteiger partial charge in [-0.15, -0.1) is 5.10 Å². The molecule has 2 fully saturated rings. The molecule has 0 radical (unpaired) electrons. The van der Waals surface area contributed by atoms with Gasteiger partial charge < -0.3 is 15.0 Å². The number of aryl methyl sites for hydroxylation is 1. The van der Waals surface area contributed by atoms with Gasteiger partial charge in [-0.2, -0.15) is 5.10 Å². The average Bonchev–Trinajstić information content (AvgIpc) is 3.59. The third-order valence-electron chi connectivity index (χ3n) is 6.29. The standard InChI is InChI=1S/C25H28N4O2/c1-16-3-4-18(24(30)27-20-6-7-20)14-23(16)17-5-8-22-19(13-17)15-26-28-25(22)31-21-9-11-29(2)12-10-21/h3-5,8,13-15,20-21H,6-7,9-12H2,1-2H3,(H,27,30). The SMILES string of the molecule is Cc1ccc(C(=O)NC2CC2)cc1-c1ccc2c(OC3CCN(C)CC3)nncc2c1. The lowest BCUT2D eigenvalue weighted by Gasteiger charge is -2.29. The van der Waals surface area contributed by atoms with Crippen LogP contribution in [-0.2, 0) is 0 Å². The molecular weight excluding hydrogens is 388 g/mol. The molecule has 160 valence electrons. The zero-order valence-electron chi connectivity index (χ0n) is 18.1. The molecule has 0 unspecified atom stereocenters. The summed E-state index contributed by atoms with van der Waals surface area (Å²) in [6.45, 7) is 4.15. The summed E-state index contributed by atoms with van der Waals surface area (Å²) in [5.41, 5.74) is 3.95. The van der Waals surface area contributed by atoms with Crippen molar-refractivity contribution >= 4 is 16.7 Å². The number of fused-ring (bicyclic) bond motifs is 1. The highest BCUT2D eigenvalue weighted by molar-refractivity contribution is 5.97. The molecule has 1 amide bonds. The van der Waals surface area contributed by atoms with Gasteiger partial charge in [-0.3, -0.25) is 4.79 Å². The van der Waals surface area contributed by atoms with Gasteiger partial charge in [0.2, 0.25) is 5.88 Å². The Morgan fingerprint density at radius 3 is 2.68 bits per heavy atom. The smallest absolute Gasteiger partial charge is 0.251 e. The van der Waals surface area contributed by atoms with E-state index in [1.54, 1.807) is 6.20 Å². The number of amides is 1. The number of carbonyl (C=O) groups is 1. The van der Waals surface area contributed by atoms with Crippen LogP contribution in [0.2, 0.25) is 0 Å². The van der Waals surface area contributed by atoms with E-state index in [2.05, 4.69) is 52.6 Å². The number of piperidine rings is 1. The number of likely N-dealkylation sites (tertiary alicyclic amines) is 1. The quantitative estimate of drug-likeness (QED) is 0.682. The van der Waals surface area contributed by atoms with Gasteiger partial charge in [0.05, 0.1) is 6.20 Å². The van der Waals surface area contributed by atoms with Gasteiger partial charge in [-0.05, 0) is 80.6 Å². The first-order valence-electron chi connectivity index (χ1n) is 11.1. The van der Waals surface area contributed by atoms with E-state index >= 15 is 0 Å². The van der Waals surface area contributed by atoms with E-state index in [0.29, 0.717) is 17.5 Å². The third-order valence-corrected chi connectivity index (χ3v) is 6.29. The number of ether oxygens (including phenoxy) is 1. The third kappa shape index (κ3) is 4.39. The van der Waals surface area contributed by atoms with Crippen molar-refractivity contribution in [3.8, 4) is 17.0 Å². The topological polar surface area (TPSA) is 67.3 Å². The van der Waals surface area contributed by atoms with Crippen molar-refractivity contribution in [3.63, 3.8) is 0 Å². The first-order chi connectivity index (χ1) is 15.1. The molecule has 31 heavy (non-hydrogen) atoms. The largest absolute Gasteiger partial charge is 0.473 e. The van der Waals surface area contributed by atoms with Crippen molar-refractivity contribution in [1.82, 2.24) is 20.4 Å². The summed E-state index contributed by atoms with van der Waals surface area (Å²) in [4.78, 5) is 14.8. The lowest BCUT2D eigenvalue weighted by atomic mass is 9.96. The van der Waals surface area contributed by atoms with E-state index in [1.807, 2.05) is 18.2 Å². The molecule has 2 heterocycles. The minimum Gasteiger partial charge on any atom is -0.473 e. The van der Waals surface area contributed by atoms with E-state index < -0.39 is 0 Å².